The van der Waals surface area contributed by atoms with Crippen molar-refractivity contribution in [2.45, 2.75) is 12.2 Å². The summed E-state index contributed by atoms with van der Waals surface area (Å²) in [4.78, 5) is 3.88. The summed E-state index contributed by atoms with van der Waals surface area (Å²) in [6.45, 7) is -1.01. The first-order valence-corrected chi connectivity index (χ1v) is 7.31. The fourth-order valence-electron chi connectivity index (χ4n) is 1.39. The van der Waals surface area contributed by atoms with E-state index in [2.05, 4.69) is 9.72 Å². The van der Waals surface area contributed by atoms with E-state index < -0.39 is 22.9 Å². The minimum absolute atomic E-state index is 0.236. The quantitative estimate of drug-likeness (QED) is 0.676. The Hall–Kier alpha value is -1.28. The number of hydrogen-bond donors (Lipinski definition) is 0. The van der Waals surface area contributed by atoms with Gasteiger partial charge < -0.3 is 9.47 Å². The van der Waals surface area contributed by atoms with Crippen LogP contribution in [-0.2, 0) is 20.3 Å². The number of halogens is 2. The van der Waals surface area contributed by atoms with Gasteiger partial charge in [0.15, 0.2) is 9.84 Å². The molecule has 0 fully saturated rings. The third-order valence-electron chi connectivity index (χ3n) is 2.20. The van der Waals surface area contributed by atoms with Crippen LogP contribution in [0.3, 0.4) is 0 Å². The van der Waals surface area contributed by atoms with Gasteiger partial charge in [-0.2, -0.15) is 0 Å². The molecule has 0 unspecified atom stereocenters. The largest absolute Gasteiger partial charge is 0.481 e. The summed E-state index contributed by atoms with van der Waals surface area (Å²) in [5, 5.41) is 0. The van der Waals surface area contributed by atoms with E-state index in [9.17, 15) is 17.2 Å². The van der Waals surface area contributed by atoms with Gasteiger partial charge in [-0.25, -0.2) is 22.2 Å². The van der Waals surface area contributed by atoms with Gasteiger partial charge in [0.1, 0.15) is 6.61 Å². The summed E-state index contributed by atoms with van der Waals surface area (Å²) in [5.41, 5.74) is 0.429. The summed E-state index contributed by atoms with van der Waals surface area (Å²) >= 11 is 0. The molecule has 0 aliphatic rings. The Morgan fingerprint density at radius 1 is 1.42 bits per heavy atom. The van der Waals surface area contributed by atoms with Crippen molar-refractivity contribution in [3.8, 4) is 5.88 Å². The minimum Gasteiger partial charge on any atom is -0.481 e. The molecule has 0 aliphatic carbocycles. The first-order valence-electron chi connectivity index (χ1n) is 5.49. The summed E-state index contributed by atoms with van der Waals surface area (Å²) < 4.78 is 56.6. The Balaban J connectivity index is 2.54. The van der Waals surface area contributed by atoms with Gasteiger partial charge in [0, 0.05) is 11.8 Å². The maximum absolute atomic E-state index is 11.8. The zero-order valence-electron chi connectivity index (χ0n) is 10.4. The number of aromatic nitrogens is 1. The third-order valence-corrected chi connectivity index (χ3v) is 3.74. The number of ether oxygens (including phenoxy) is 2. The van der Waals surface area contributed by atoms with E-state index in [0.717, 1.165) is 0 Å². The van der Waals surface area contributed by atoms with Crippen molar-refractivity contribution < 1.29 is 26.7 Å². The fourth-order valence-corrected chi connectivity index (χ4v) is 2.59. The molecule has 0 atom stereocenters. The number of rotatable bonds is 8. The number of sulfone groups is 1. The van der Waals surface area contributed by atoms with Crippen LogP contribution in [0.1, 0.15) is 5.56 Å². The molecule has 1 aromatic rings. The molecule has 5 nitrogen and oxygen atoms in total. The van der Waals surface area contributed by atoms with Crippen LogP contribution in [0.25, 0.3) is 0 Å². The van der Waals surface area contributed by atoms with Crippen molar-refractivity contribution in [3.05, 3.63) is 23.9 Å². The van der Waals surface area contributed by atoms with E-state index in [1.165, 1.54) is 13.3 Å². The van der Waals surface area contributed by atoms with Gasteiger partial charge in [-0.15, -0.1) is 0 Å². The molecule has 0 spiro atoms. The molecule has 0 aromatic carbocycles. The molecule has 0 bridgehead atoms. The Morgan fingerprint density at radius 2 is 2.16 bits per heavy atom. The molecule has 0 aliphatic heterocycles. The van der Waals surface area contributed by atoms with Crippen molar-refractivity contribution in [3.63, 3.8) is 0 Å². The summed E-state index contributed by atoms with van der Waals surface area (Å²) in [7, 11) is -2.06. The van der Waals surface area contributed by atoms with Crippen LogP contribution < -0.4 is 4.74 Å². The second kappa shape index (κ2) is 7.34. The molecule has 1 rings (SSSR count). The highest BCUT2D eigenvalue weighted by Crippen LogP contribution is 2.17. The van der Waals surface area contributed by atoms with Gasteiger partial charge in [-0.05, 0) is 6.07 Å². The highest BCUT2D eigenvalue weighted by atomic mass is 32.2. The molecule has 0 amide bonds. The molecule has 0 saturated heterocycles. The maximum Gasteiger partial charge on any atom is 0.261 e. The van der Waals surface area contributed by atoms with Crippen molar-refractivity contribution >= 4 is 9.84 Å². The van der Waals surface area contributed by atoms with Gasteiger partial charge in [-0.1, -0.05) is 6.07 Å². The molecular formula is C11H15F2NO4S. The summed E-state index contributed by atoms with van der Waals surface area (Å²) in [6.07, 6.45) is -1.11. The van der Waals surface area contributed by atoms with E-state index in [0.29, 0.717) is 5.56 Å². The lowest BCUT2D eigenvalue weighted by atomic mass is 10.3. The normalized spacial score (nSPS) is 11.8. The first-order chi connectivity index (χ1) is 8.94. The monoisotopic (exact) mass is 295 g/mol. The van der Waals surface area contributed by atoms with Crippen LogP contribution in [0.5, 0.6) is 5.88 Å². The number of hydrogen-bond acceptors (Lipinski definition) is 5. The average molecular weight is 295 g/mol. The molecule has 19 heavy (non-hydrogen) atoms. The molecule has 108 valence electrons. The maximum atomic E-state index is 11.8. The molecule has 1 aromatic heterocycles. The number of pyridine rings is 1. The lowest BCUT2D eigenvalue weighted by molar-refractivity contribution is 0.0234. The summed E-state index contributed by atoms with van der Waals surface area (Å²) in [5.74, 6) is -0.348. The number of nitrogens with zero attached hydrogens (tertiary/aromatic N) is 1. The van der Waals surface area contributed by atoms with E-state index in [1.807, 2.05) is 0 Å². The fraction of sp³-hybridized carbons (Fsp3) is 0.545. The molecule has 1 heterocycles. The smallest absolute Gasteiger partial charge is 0.261 e. The molecule has 0 N–H and O–H groups in total. The Morgan fingerprint density at radius 3 is 2.79 bits per heavy atom. The van der Waals surface area contributed by atoms with Crippen molar-refractivity contribution in [1.29, 1.82) is 0 Å². The van der Waals surface area contributed by atoms with Gasteiger partial charge in [0.2, 0.25) is 5.88 Å². The van der Waals surface area contributed by atoms with Crippen molar-refractivity contribution in [2.24, 2.45) is 0 Å². The second-order valence-electron chi connectivity index (χ2n) is 3.73. The standard InChI is InChI=1S/C11H15F2NO4S/c1-17-11-9(3-2-4-14-11)8-19(15,16)6-5-18-7-10(12)13/h2-4,10H,5-8H2,1H3. The van der Waals surface area contributed by atoms with Crippen LogP contribution >= 0.6 is 0 Å². The number of methoxy groups -OCH3 is 1. The average Bonchev–Trinajstić information content (AvgIpc) is 2.35. The first kappa shape index (κ1) is 15.8. The predicted molar refractivity (Wildman–Crippen MR) is 65.1 cm³/mol. The summed E-state index contributed by atoms with van der Waals surface area (Å²) in [6, 6.07) is 3.18. The Kier molecular flexibility index (Phi) is 6.10. The van der Waals surface area contributed by atoms with Crippen LogP contribution in [0, 0.1) is 0 Å². The van der Waals surface area contributed by atoms with Crippen LogP contribution in [0.2, 0.25) is 0 Å². The lowest BCUT2D eigenvalue weighted by Crippen LogP contribution is -2.17. The SMILES string of the molecule is COc1ncccc1CS(=O)(=O)CCOCC(F)F. The Labute approximate surface area is 110 Å². The van der Waals surface area contributed by atoms with Crippen LogP contribution in [-0.4, -0.2) is 45.9 Å². The van der Waals surface area contributed by atoms with E-state index in [4.69, 9.17) is 4.74 Å². The van der Waals surface area contributed by atoms with Crippen molar-refractivity contribution in [2.75, 3.05) is 26.1 Å². The van der Waals surface area contributed by atoms with Crippen molar-refractivity contribution in [1.82, 2.24) is 4.98 Å². The molecule has 0 saturated carbocycles. The highest BCUT2D eigenvalue weighted by molar-refractivity contribution is 7.90. The zero-order valence-corrected chi connectivity index (χ0v) is 11.2. The molecular weight excluding hydrogens is 280 g/mol. The van der Waals surface area contributed by atoms with Gasteiger partial charge in [0.25, 0.3) is 6.43 Å². The minimum atomic E-state index is -3.46. The van der Waals surface area contributed by atoms with E-state index >= 15 is 0 Å². The Bertz CT molecular complexity index is 493. The third kappa shape index (κ3) is 5.93. The lowest BCUT2D eigenvalue weighted by Gasteiger charge is -2.08. The second-order valence-corrected chi connectivity index (χ2v) is 5.91. The molecule has 0 radical (unpaired) electrons. The van der Waals surface area contributed by atoms with E-state index in [-0.39, 0.29) is 24.0 Å². The highest BCUT2D eigenvalue weighted by Gasteiger charge is 2.16. The molecule has 8 heteroatoms. The topological polar surface area (TPSA) is 65.5 Å². The van der Waals surface area contributed by atoms with E-state index in [1.54, 1.807) is 12.1 Å². The van der Waals surface area contributed by atoms with Gasteiger partial charge in [-0.3, -0.25) is 0 Å². The van der Waals surface area contributed by atoms with Gasteiger partial charge >= 0.3 is 0 Å². The number of alkyl halides is 2. The van der Waals surface area contributed by atoms with Crippen LogP contribution in [0.4, 0.5) is 8.78 Å². The zero-order chi connectivity index (χ0) is 14.3. The predicted octanol–water partition coefficient (Wildman–Crippen LogP) is 1.29. The van der Waals surface area contributed by atoms with Gasteiger partial charge in [0.05, 0.1) is 25.2 Å². The van der Waals surface area contributed by atoms with Crippen LogP contribution in [0.15, 0.2) is 18.3 Å².